The molecular formula is C10H11ClO3. The van der Waals surface area contributed by atoms with Gasteiger partial charge in [0, 0.05) is 0 Å². The molecule has 1 aromatic carbocycles. The van der Waals surface area contributed by atoms with E-state index in [1.54, 1.807) is 12.1 Å². The Morgan fingerprint density at radius 3 is 2.50 bits per heavy atom. The molecule has 14 heavy (non-hydrogen) atoms. The van der Waals surface area contributed by atoms with Crippen LogP contribution >= 0.6 is 11.6 Å². The maximum atomic E-state index is 11.3. The molecule has 0 fully saturated rings. The lowest BCUT2D eigenvalue weighted by molar-refractivity contribution is 0.0597. The van der Waals surface area contributed by atoms with E-state index >= 15 is 0 Å². The average molecular weight is 215 g/mol. The van der Waals surface area contributed by atoms with Crippen molar-refractivity contribution in [3.63, 3.8) is 0 Å². The smallest absolute Gasteiger partial charge is 0.341 e. The predicted molar refractivity (Wildman–Crippen MR) is 54.1 cm³/mol. The van der Waals surface area contributed by atoms with Gasteiger partial charge in [0.05, 0.1) is 19.2 Å². The number of hydrogen-bond donors (Lipinski definition) is 0. The third-order valence-electron chi connectivity index (χ3n) is 1.90. The first-order valence-corrected chi connectivity index (χ1v) is 4.41. The van der Waals surface area contributed by atoms with Gasteiger partial charge in [-0.15, -0.1) is 0 Å². The van der Waals surface area contributed by atoms with Gasteiger partial charge in [-0.3, -0.25) is 0 Å². The van der Waals surface area contributed by atoms with Crippen LogP contribution in [0.4, 0.5) is 0 Å². The lowest BCUT2D eigenvalue weighted by atomic mass is 10.1. The van der Waals surface area contributed by atoms with E-state index in [0.29, 0.717) is 16.3 Å². The van der Waals surface area contributed by atoms with Crippen LogP contribution in [0.3, 0.4) is 0 Å². The number of halogens is 1. The van der Waals surface area contributed by atoms with E-state index in [1.807, 2.05) is 6.92 Å². The van der Waals surface area contributed by atoms with Crippen molar-refractivity contribution in [3.8, 4) is 5.75 Å². The van der Waals surface area contributed by atoms with E-state index < -0.39 is 5.97 Å². The number of ether oxygens (including phenoxy) is 2. The van der Waals surface area contributed by atoms with Crippen LogP contribution in [0.1, 0.15) is 15.9 Å². The van der Waals surface area contributed by atoms with E-state index in [0.717, 1.165) is 5.56 Å². The molecule has 1 rings (SSSR count). The van der Waals surface area contributed by atoms with Gasteiger partial charge in [0.1, 0.15) is 5.56 Å². The summed E-state index contributed by atoms with van der Waals surface area (Å²) in [5.74, 6) is -0.0951. The number of aryl methyl sites for hydroxylation is 1. The number of carbonyl (C=O) groups is 1. The maximum Gasteiger partial charge on any atom is 0.341 e. The Kier molecular flexibility index (Phi) is 3.36. The second kappa shape index (κ2) is 4.33. The lowest BCUT2D eigenvalue weighted by Crippen LogP contribution is -2.04. The van der Waals surface area contributed by atoms with Gasteiger partial charge in [0.2, 0.25) is 0 Å². The first-order valence-electron chi connectivity index (χ1n) is 4.03. The van der Waals surface area contributed by atoms with E-state index in [-0.39, 0.29) is 0 Å². The van der Waals surface area contributed by atoms with Crippen molar-refractivity contribution < 1.29 is 14.3 Å². The highest BCUT2D eigenvalue weighted by Gasteiger charge is 2.16. The van der Waals surface area contributed by atoms with Crippen LogP contribution < -0.4 is 4.74 Å². The van der Waals surface area contributed by atoms with Crippen molar-refractivity contribution in [2.45, 2.75) is 6.92 Å². The molecule has 0 atom stereocenters. The molecule has 4 heteroatoms. The first kappa shape index (κ1) is 10.9. The summed E-state index contributed by atoms with van der Waals surface area (Å²) in [7, 11) is 2.78. The van der Waals surface area contributed by atoms with Gasteiger partial charge < -0.3 is 9.47 Å². The Morgan fingerprint density at radius 1 is 1.36 bits per heavy atom. The molecule has 1 aromatic rings. The van der Waals surface area contributed by atoms with Crippen molar-refractivity contribution in [3.05, 3.63) is 28.3 Å². The predicted octanol–water partition coefficient (Wildman–Crippen LogP) is 2.44. The lowest BCUT2D eigenvalue weighted by Gasteiger charge is -2.09. The molecule has 0 spiro atoms. The Bertz CT molecular complexity index is 361. The average Bonchev–Trinajstić information content (AvgIpc) is 2.20. The van der Waals surface area contributed by atoms with E-state index in [4.69, 9.17) is 16.3 Å². The van der Waals surface area contributed by atoms with Crippen molar-refractivity contribution in [2.75, 3.05) is 14.2 Å². The number of rotatable bonds is 2. The zero-order chi connectivity index (χ0) is 10.7. The Hall–Kier alpha value is -1.22. The molecule has 0 amide bonds. The molecule has 0 saturated heterocycles. The molecule has 0 aliphatic carbocycles. The SMILES string of the molecule is COC(=O)c1ccc(C)c(Cl)c1OC. The Labute approximate surface area is 87.6 Å². The van der Waals surface area contributed by atoms with E-state index in [2.05, 4.69) is 4.74 Å². The van der Waals surface area contributed by atoms with Gasteiger partial charge in [-0.2, -0.15) is 0 Å². The molecule has 0 unspecified atom stereocenters. The molecule has 0 N–H and O–H groups in total. The fraction of sp³-hybridized carbons (Fsp3) is 0.300. The number of methoxy groups -OCH3 is 2. The number of benzene rings is 1. The van der Waals surface area contributed by atoms with E-state index in [9.17, 15) is 4.79 Å². The van der Waals surface area contributed by atoms with Crippen molar-refractivity contribution in [2.24, 2.45) is 0 Å². The minimum atomic E-state index is -0.455. The van der Waals surface area contributed by atoms with Crippen LogP contribution in [0.5, 0.6) is 5.75 Å². The monoisotopic (exact) mass is 214 g/mol. The molecule has 0 radical (unpaired) electrons. The number of carbonyl (C=O) groups excluding carboxylic acids is 1. The second-order valence-electron chi connectivity index (χ2n) is 2.77. The highest BCUT2D eigenvalue weighted by Crippen LogP contribution is 2.31. The molecular weight excluding hydrogens is 204 g/mol. The zero-order valence-electron chi connectivity index (χ0n) is 8.26. The topological polar surface area (TPSA) is 35.5 Å². The Morgan fingerprint density at radius 2 is 2.00 bits per heavy atom. The van der Waals surface area contributed by atoms with Crippen LogP contribution in [0.2, 0.25) is 5.02 Å². The summed E-state index contributed by atoms with van der Waals surface area (Å²) in [6.07, 6.45) is 0. The van der Waals surface area contributed by atoms with Crippen molar-refractivity contribution >= 4 is 17.6 Å². The largest absolute Gasteiger partial charge is 0.494 e. The molecule has 3 nitrogen and oxygen atoms in total. The number of esters is 1. The summed E-state index contributed by atoms with van der Waals surface area (Å²) in [4.78, 5) is 11.3. The van der Waals surface area contributed by atoms with Crippen LogP contribution in [-0.4, -0.2) is 20.2 Å². The number of hydrogen-bond acceptors (Lipinski definition) is 3. The highest BCUT2D eigenvalue weighted by molar-refractivity contribution is 6.33. The van der Waals surface area contributed by atoms with Gasteiger partial charge in [0.15, 0.2) is 5.75 Å². The summed E-state index contributed by atoms with van der Waals surface area (Å²) in [6, 6.07) is 3.38. The molecule has 0 heterocycles. The molecule has 76 valence electrons. The third kappa shape index (κ3) is 1.82. The van der Waals surface area contributed by atoms with Crippen LogP contribution in [0, 0.1) is 6.92 Å². The second-order valence-corrected chi connectivity index (χ2v) is 3.15. The Balaban J connectivity index is 3.31. The van der Waals surface area contributed by atoms with Crippen molar-refractivity contribution in [1.82, 2.24) is 0 Å². The minimum Gasteiger partial charge on any atom is -0.494 e. The molecule has 0 aliphatic heterocycles. The zero-order valence-corrected chi connectivity index (χ0v) is 9.01. The summed E-state index contributed by atoms with van der Waals surface area (Å²) >= 11 is 5.97. The van der Waals surface area contributed by atoms with Gasteiger partial charge >= 0.3 is 5.97 Å². The summed E-state index contributed by atoms with van der Waals surface area (Å²) < 4.78 is 9.64. The molecule has 0 aliphatic rings. The van der Waals surface area contributed by atoms with E-state index in [1.165, 1.54) is 14.2 Å². The van der Waals surface area contributed by atoms with Crippen LogP contribution in [0.15, 0.2) is 12.1 Å². The van der Waals surface area contributed by atoms with Gasteiger partial charge in [-0.05, 0) is 18.6 Å². The quantitative estimate of drug-likeness (QED) is 0.710. The molecule has 0 saturated carbocycles. The van der Waals surface area contributed by atoms with Crippen LogP contribution in [0.25, 0.3) is 0 Å². The first-order chi connectivity index (χ1) is 6.61. The molecule has 0 bridgehead atoms. The summed E-state index contributed by atoms with van der Waals surface area (Å²) in [6.45, 7) is 1.84. The fourth-order valence-corrected chi connectivity index (χ4v) is 1.37. The van der Waals surface area contributed by atoms with Crippen molar-refractivity contribution in [1.29, 1.82) is 0 Å². The fourth-order valence-electron chi connectivity index (χ4n) is 1.12. The van der Waals surface area contributed by atoms with Crippen LogP contribution in [-0.2, 0) is 4.74 Å². The highest BCUT2D eigenvalue weighted by atomic mass is 35.5. The van der Waals surface area contributed by atoms with Gasteiger partial charge in [-0.25, -0.2) is 4.79 Å². The summed E-state index contributed by atoms with van der Waals surface area (Å²) in [5.41, 5.74) is 1.20. The molecule has 0 aromatic heterocycles. The van der Waals surface area contributed by atoms with Gasteiger partial charge in [-0.1, -0.05) is 17.7 Å². The summed E-state index contributed by atoms with van der Waals surface area (Å²) in [5, 5.41) is 0.440. The normalized spacial score (nSPS) is 9.71. The maximum absolute atomic E-state index is 11.3. The standard InChI is InChI=1S/C10H11ClO3/c1-6-4-5-7(10(12)14-3)9(13-2)8(6)11/h4-5H,1-3H3. The minimum absolute atomic E-state index is 0.339. The van der Waals surface area contributed by atoms with Gasteiger partial charge in [0.25, 0.3) is 0 Å². The third-order valence-corrected chi connectivity index (χ3v) is 2.37.